The number of aromatic nitrogens is 1. The largest absolute Gasteiger partial charge is 0.497 e. The second kappa shape index (κ2) is 5.50. The Morgan fingerprint density at radius 1 is 1.47 bits per heavy atom. The summed E-state index contributed by atoms with van der Waals surface area (Å²) in [5.41, 5.74) is 2.07. The van der Waals surface area contributed by atoms with Crippen LogP contribution >= 0.6 is 0 Å². The first kappa shape index (κ1) is 12.4. The Bertz CT molecular complexity index is 374. The van der Waals surface area contributed by atoms with E-state index in [2.05, 4.69) is 17.2 Å². The maximum Gasteiger partial charge on any atom is 0.122 e. The highest BCUT2D eigenvalue weighted by atomic mass is 16.5. The first-order valence-electron chi connectivity index (χ1n) is 6.42. The molecule has 1 aromatic rings. The molecule has 0 aromatic carbocycles. The topological polar surface area (TPSA) is 34.1 Å². The molecule has 94 valence electrons. The summed E-state index contributed by atoms with van der Waals surface area (Å²) in [5, 5.41) is 3.53. The van der Waals surface area contributed by atoms with E-state index in [9.17, 15) is 0 Å². The van der Waals surface area contributed by atoms with E-state index < -0.39 is 0 Å². The van der Waals surface area contributed by atoms with Crippen molar-refractivity contribution in [3.8, 4) is 5.75 Å². The van der Waals surface area contributed by atoms with E-state index in [4.69, 9.17) is 4.74 Å². The first-order valence-corrected chi connectivity index (χ1v) is 6.42. The predicted octanol–water partition coefficient (Wildman–Crippen LogP) is 2.68. The highest BCUT2D eigenvalue weighted by molar-refractivity contribution is 5.26. The number of rotatable bonds is 6. The summed E-state index contributed by atoms with van der Waals surface area (Å²) in [6.45, 7) is 5.08. The van der Waals surface area contributed by atoms with E-state index in [-0.39, 0.29) is 0 Å². The summed E-state index contributed by atoms with van der Waals surface area (Å²) in [6.07, 6.45) is 4.13. The van der Waals surface area contributed by atoms with Crippen molar-refractivity contribution in [2.24, 2.45) is 5.92 Å². The third-order valence-corrected chi connectivity index (χ3v) is 3.23. The molecule has 0 saturated heterocycles. The van der Waals surface area contributed by atoms with Crippen molar-refractivity contribution in [3.63, 3.8) is 0 Å². The van der Waals surface area contributed by atoms with Gasteiger partial charge in [-0.1, -0.05) is 12.8 Å². The summed E-state index contributed by atoms with van der Waals surface area (Å²) in [7, 11) is 1.70. The maximum absolute atomic E-state index is 5.25. The molecular weight excluding hydrogens is 212 g/mol. The number of methoxy groups -OCH3 is 1. The number of nitrogens with one attached hydrogen (secondary N) is 1. The van der Waals surface area contributed by atoms with Gasteiger partial charge in [-0.3, -0.25) is 4.98 Å². The molecule has 2 rings (SSSR count). The highest BCUT2D eigenvalue weighted by Crippen LogP contribution is 2.33. The van der Waals surface area contributed by atoms with Gasteiger partial charge in [-0.2, -0.15) is 0 Å². The van der Waals surface area contributed by atoms with Crippen LogP contribution in [0.5, 0.6) is 5.75 Å². The fourth-order valence-electron chi connectivity index (χ4n) is 2.13. The van der Waals surface area contributed by atoms with Gasteiger partial charge in [0.05, 0.1) is 12.8 Å². The van der Waals surface area contributed by atoms with Gasteiger partial charge >= 0.3 is 0 Å². The second-order valence-corrected chi connectivity index (χ2v) is 5.10. The lowest BCUT2D eigenvalue weighted by atomic mass is 10.1. The van der Waals surface area contributed by atoms with Gasteiger partial charge in [0.15, 0.2) is 0 Å². The van der Waals surface area contributed by atoms with Crippen molar-refractivity contribution >= 4 is 0 Å². The predicted molar refractivity (Wildman–Crippen MR) is 69.2 cm³/mol. The zero-order valence-electron chi connectivity index (χ0n) is 11.0. The van der Waals surface area contributed by atoms with E-state index in [0.29, 0.717) is 6.04 Å². The molecule has 1 aromatic heterocycles. The molecule has 17 heavy (non-hydrogen) atoms. The summed E-state index contributed by atoms with van der Waals surface area (Å²) in [6, 6.07) is 4.54. The molecule has 0 spiro atoms. The van der Waals surface area contributed by atoms with Crippen LogP contribution in [-0.2, 0) is 6.54 Å². The van der Waals surface area contributed by atoms with Gasteiger partial charge in [0, 0.05) is 30.4 Å². The molecule has 1 N–H and O–H groups in total. The minimum Gasteiger partial charge on any atom is -0.497 e. The summed E-state index contributed by atoms with van der Waals surface area (Å²) in [4.78, 5) is 4.51. The molecule has 1 aliphatic rings. The van der Waals surface area contributed by atoms with Crippen molar-refractivity contribution in [3.05, 3.63) is 23.5 Å². The Morgan fingerprint density at radius 2 is 2.24 bits per heavy atom. The molecule has 1 fully saturated rings. The van der Waals surface area contributed by atoms with Crippen LogP contribution in [0, 0.1) is 12.8 Å². The lowest BCUT2D eigenvalue weighted by Crippen LogP contribution is -2.26. The first-order chi connectivity index (χ1) is 8.17. The lowest BCUT2D eigenvalue weighted by molar-refractivity contribution is 0.412. The fraction of sp³-hybridized carbons (Fsp3) is 0.643. The molecule has 0 aliphatic heterocycles. The molecule has 3 heteroatoms. The second-order valence-electron chi connectivity index (χ2n) is 5.10. The Morgan fingerprint density at radius 3 is 2.88 bits per heavy atom. The minimum atomic E-state index is 0.579. The minimum absolute atomic E-state index is 0.579. The molecule has 3 nitrogen and oxygen atoms in total. The van der Waals surface area contributed by atoms with Gasteiger partial charge in [0.1, 0.15) is 5.75 Å². The van der Waals surface area contributed by atoms with Crippen LogP contribution in [0.1, 0.15) is 37.6 Å². The van der Waals surface area contributed by atoms with Gasteiger partial charge in [-0.25, -0.2) is 0 Å². The molecule has 1 atom stereocenters. The van der Waals surface area contributed by atoms with Crippen LogP contribution < -0.4 is 10.1 Å². The van der Waals surface area contributed by atoms with Crippen LogP contribution in [0.15, 0.2) is 12.1 Å². The van der Waals surface area contributed by atoms with Gasteiger partial charge in [-0.05, 0) is 26.2 Å². The van der Waals surface area contributed by atoms with E-state index in [0.717, 1.165) is 29.6 Å². The van der Waals surface area contributed by atoms with Crippen molar-refractivity contribution < 1.29 is 4.74 Å². The third-order valence-electron chi connectivity index (χ3n) is 3.23. The summed E-state index contributed by atoms with van der Waals surface area (Å²) >= 11 is 0. The molecule has 1 saturated carbocycles. The maximum atomic E-state index is 5.25. The zero-order valence-corrected chi connectivity index (χ0v) is 11.0. The van der Waals surface area contributed by atoms with Crippen LogP contribution in [0.3, 0.4) is 0 Å². The number of ether oxygens (including phenoxy) is 1. The van der Waals surface area contributed by atoms with Gasteiger partial charge in [0.25, 0.3) is 0 Å². The Hall–Kier alpha value is -1.09. The van der Waals surface area contributed by atoms with Crippen molar-refractivity contribution in [1.29, 1.82) is 0 Å². The third kappa shape index (κ3) is 4.00. The smallest absolute Gasteiger partial charge is 0.122 e. The highest BCUT2D eigenvalue weighted by Gasteiger charge is 2.23. The molecule has 1 aliphatic carbocycles. The van der Waals surface area contributed by atoms with Crippen LogP contribution in [0.4, 0.5) is 0 Å². The van der Waals surface area contributed by atoms with Crippen molar-refractivity contribution in [1.82, 2.24) is 10.3 Å². The monoisotopic (exact) mass is 234 g/mol. The van der Waals surface area contributed by atoms with E-state index in [1.54, 1.807) is 7.11 Å². The van der Waals surface area contributed by atoms with Crippen LogP contribution in [0.25, 0.3) is 0 Å². The number of hydrogen-bond acceptors (Lipinski definition) is 3. The number of nitrogens with zero attached hydrogens (tertiary/aromatic N) is 1. The fourth-order valence-corrected chi connectivity index (χ4v) is 2.13. The number of hydrogen-bond donors (Lipinski definition) is 1. The Kier molecular flexibility index (Phi) is 4.00. The quantitative estimate of drug-likeness (QED) is 0.821. The zero-order chi connectivity index (χ0) is 12.3. The van der Waals surface area contributed by atoms with E-state index in [1.807, 2.05) is 19.1 Å². The molecule has 1 heterocycles. The Labute approximate surface area is 104 Å². The average molecular weight is 234 g/mol. The SMILES string of the molecule is COc1cc(C)nc(CNC(C)CC2CC2)c1. The molecular formula is C14H22N2O. The van der Waals surface area contributed by atoms with Crippen molar-refractivity contribution in [2.45, 2.75) is 45.7 Å². The standard InChI is InChI=1S/C14H22N2O/c1-10(6-12-4-5-12)15-9-13-8-14(17-3)7-11(2)16-13/h7-8,10,12,15H,4-6,9H2,1-3H3. The molecule has 0 bridgehead atoms. The van der Waals surface area contributed by atoms with Gasteiger partial charge < -0.3 is 10.1 Å². The summed E-state index contributed by atoms with van der Waals surface area (Å²) < 4.78 is 5.25. The normalized spacial score (nSPS) is 16.9. The van der Waals surface area contributed by atoms with Gasteiger partial charge in [0.2, 0.25) is 0 Å². The molecule has 1 unspecified atom stereocenters. The number of aryl methyl sites for hydroxylation is 1. The van der Waals surface area contributed by atoms with Gasteiger partial charge in [-0.15, -0.1) is 0 Å². The number of pyridine rings is 1. The van der Waals surface area contributed by atoms with E-state index >= 15 is 0 Å². The van der Waals surface area contributed by atoms with Crippen LogP contribution in [-0.4, -0.2) is 18.1 Å². The molecule has 0 amide bonds. The van der Waals surface area contributed by atoms with Crippen molar-refractivity contribution in [2.75, 3.05) is 7.11 Å². The molecule has 0 radical (unpaired) electrons. The van der Waals surface area contributed by atoms with E-state index in [1.165, 1.54) is 19.3 Å². The Balaban J connectivity index is 1.86. The lowest BCUT2D eigenvalue weighted by Gasteiger charge is -2.13. The van der Waals surface area contributed by atoms with Crippen LogP contribution in [0.2, 0.25) is 0 Å². The summed E-state index contributed by atoms with van der Waals surface area (Å²) in [5.74, 6) is 1.86. The average Bonchev–Trinajstić information content (AvgIpc) is 3.09.